The quantitative estimate of drug-likeness (QED) is 0.736. The molecule has 0 saturated heterocycles. The maximum Gasteiger partial charge on any atom is 0.255 e. The Morgan fingerprint density at radius 1 is 1.41 bits per heavy atom. The van der Waals surface area contributed by atoms with E-state index in [0.29, 0.717) is 30.8 Å². The van der Waals surface area contributed by atoms with Crippen molar-refractivity contribution in [3.05, 3.63) is 27.4 Å². The van der Waals surface area contributed by atoms with Crippen molar-refractivity contribution < 1.29 is 13.5 Å². The van der Waals surface area contributed by atoms with Crippen LogP contribution in [0.15, 0.2) is 4.79 Å². The third-order valence-corrected chi connectivity index (χ3v) is 4.29. The van der Waals surface area contributed by atoms with Gasteiger partial charge in [-0.15, -0.1) is 0 Å². The van der Waals surface area contributed by atoms with E-state index in [2.05, 4.69) is 9.97 Å². The molecule has 17 heavy (non-hydrogen) atoms. The van der Waals surface area contributed by atoms with E-state index in [1.807, 2.05) is 0 Å². The fourth-order valence-corrected chi connectivity index (χ4v) is 3.25. The van der Waals surface area contributed by atoms with Gasteiger partial charge in [0.1, 0.15) is 5.82 Å². The molecule has 0 bridgehead atoms. The van der Waals surface area contributed by atoms with E-state index >= 15 is 0 Å². The van der Waals surface area contributed by atoms with E-state index in [1.54, 1.807) is 0 Å². The highest BCUT2D eigenvalue weighted by Gasteiger charge is 2.25. The maximum atomic E-state index is 11.7. The third kappa shape index (κ3) is 2.73. The summed E-state index contributed by atoms with van der Waals surface area (Å²) in [6.07, 6.45) is 1.32. The maximum absolute atomic E-state index is 11.7. The number of aromatic nitrogens is 2. The summed E-state index contributed by atoms with van der Waals surface area (Å²) in [7, 11) is -3.15. The number of aliphatic hydroxyl groups is 1. The number of nitrogens with one attached hydrogen (secondary N) is 1. The van der Waals surface area contributed by atoms with Gasteiger partial charge >= 0.3 is 0 Å². The van der Waals surface area contributed by atoms with Crippen molar-refractivity contribution in [1.82, 2.24) is 9.97 Å². The molecule has 0 saturated carbocycles. The molecular weight excluding hydrogens is 244 g/mol. The van der Waals surface area contributed by atoms with Crippen molar-refractivity contribution in [2.75, 3.05) is 12.4 Å². The molecule has 0 unspecified atom stereocenters. The van der Waals surface area contributed by atoms with Gasteiger partial charge in [0.05, 0.1) is 22.8 Å². The second-order valence-corrected chi connectivity index (χ2v) is 6.29. The SMILES string of the molecule is O=c1[nH]c(CCCO)nc2c1CS(=O)(=O)CC2. The lowest BCUT2D eigenvalue weighted by Crippen LogP contribution is -2.29. The Morgan fingerprint density at radius 2 is 2.18 bits per heavy atom. The zero-order chi connectivity index (χ0) is 12.5. The summed E-state index contributed by atoms with van der Waals surface area (Å²) < 4.78 is 22.8. The van der Waals surface area contributed by atoms with Crippen LogP contribution in [-0.2, 0) is 28.4 Å². The van der Waals surface area contributed by atoms with Gasteiger partial charge in [-0.1, -0.05) is 0 Å². The Kier molecular flexibility index (Phi) is 3.30. The lowest BCUT2D eigenvalue weighted by molar-refractivity contribution is 0.287. The fourth-order valence-electron chi connectivity index (χ4n) is 1.86. The van der Waals surface area contributed by atoms with E-state index in [-0.39, 0.29) is 29.2 Å². The van der Waals surface area contributed by atoms with Crippen LogP contribution in [-0.4, -0.2) is 35.9 Å². The monoisotopic (exact) mass is 258 g/mol. The molecule has 0 amide bonds. The molecule has 2 rings (SSSR count). The highest BCUT2D eigenvalue weighted by molar-refractivity contribution is 7.90. The molecule has 6 nitrogen and oxygen atoms in total. The van der Waals surface area contributed by atoms with Crippen LogP contribution >= 0.6 is 0 Å². The van der Waals surface area contributed by atoms with Crippen LogP contribution in [0.2, 0.25) is 0 Å². The van der Waals surface area contributed by atoms with E-state index in [4.69, 9.17) is 5.11 Å². The lowest BCUT2D eigenvalue weighted by atomic mass is 10.2. The minimum Gasteiger partial charge on any atom is -0.396 e. The summed E-state index contributed by atoms with van der Waals surface area (Å²) in [6, 6.07) is 0. The number of hydrogen-bond donors (Lipinski definition) is 2. The molecule has 1 aliphatic rings. The van der Waals surface area contributed by atoms with Gasteiger partial charge in [0.25, 0.3) is 5.56 Å². The highest BCUT2D eigenvalue weighted by atomic mass is 32.2. The Bertz CT molecular complexity index is 576. The summed E-state index contributed by atoms with van der Waals surface area (Å²) in [5, 5.41) is 8.70. The van der Waals surface area contributed by atoms with Gasteiger partial charge in [0.15, 0.2) is 9.84 Å². The van der Waals surface area contributed by atoms with Crippen LogP contribution in [0.3, 0.4) is 0 Å². The average molecular weight is 258 g/mol. The Labute approximate surface area is 98.6 Å². The second kappa shape index (κ2) is 4.58. The molecule has 94 valence electrons. The smallest absolute Gasteiger partial charge is 0.255 e. The van der Waals surface area contributed by atoms with Gasteiger partial charge in [-0.05, 0) is 6.42 Å². The van der Waals surface area contributed by atoms with E-state index in [0.717, 1.165) is 0 Å². The van der Waals surface area contributed by atoms with E-state index < -0.39 is 9.84 Å². The van der Waals surface area contributed by atoms with Gasteiger partial charge in [-0.25, -0.2) is 13.4 Å². The summed E-state index contributed by atoms with van der Waals surface area (Å²) in [4.78, 5) is 18.5. The summed E-state index contributed by atoms with van der Waals surface area (Å²) in [5.41, 5.74) is 0.478. The normalized spacial score (nSPS) is 17.7. The number of aryl methyl sites for hydroxylation is 2. The van der Waals surface area contributed by atoms with Gasteiger partial charge in [0, 0.05) is 19.4 Å². The molecule has 7 heteroatoms. The van der Waals surface area contributed by atoms with Crippen molar-refractivity contribution in [3.8, 4) is 0 Å². The first-order valence-electron chi connectivity index (χ1n) is 5.44. The van der Waals surface area contributed by atoms with Crippen molar-refractivity contribution in [1.29, 1.82) is 0 Å². The molecular formula is C10H14N2O4S. The van der Waals surface area contributed by atoms with Crippen molar-refractivity contribution in [2.24, 2.45) is 0 Å². The minimum atomic E-state index is -3.15. The fraction of sp³-hybridized carbons (Fsp3) is 0.600. The van der Waals surface area contributed by atoms with Crippen molar-refractivity contribution in [3.63, 3.8) is 0 Å². The molecule has 0 atom stereocenters. The Balaban J connectivity index is 2.37. The minimum absolute atomic E-state index is 0.0369. The number of H-pyrrole nitrogens is 1. The molecule has 0 fully saturated rings. The second-order valence-electron chi connectivity index (χ2n) is 4.11. The number of sulfone groups is 1. The molecule has 0 aliphatic carbocycles. The Hall–Kier alpha value is -1.21. The largest absolute Gasteiger partial charge is 0.396 e. The zero-order valence-corrected chi connectivity index (χ0v) is 10.1. The van der Waals surface area contributed by atoms with Crippen LogP contribution in [0.1, 0.15) is 23.5 Å². The van der Waals surface area contributed by atoms with Gasteiger partial charge < -0.3 is 10.1 Å². The molecule has 0 aromatic carbocycles. The number of nitrogens with zero attached hydrogens (tertiary/aromatic N) is 1. The molecule has 0 radical (unpaired) electrons. The number of fused-ring (bicyclic) bond motifs is 1. The van der Waals surface area contributed by atoms with Crippen LogP contribution in [0.5, 0.6) is 0 Å². The third-order valence-electron chi connectivity index (χ3n) is 2.74. The molecule has 0 spiro atoms. The topological polar surface area (TPSA) is 100 Å². The van der Waals surface area contributed by atoms with Gasteiger partial charge in [-0.3, -0.25) is 4.79 Å². The first-order valence-corrected chi connectivity index (χ1v) is 7.26. The van der Waals surface area contributed by atoms with Crippen molar-refractivity contribution in [2.45, 2.75) is 25.0 Å². The summed E-state index contributed by atoms with van der Waals surface area (Å²) in [6.45, 7) is 0.0369. The van der Waals surface area contributed by atoms with Crippen LogP contribution in [0.25, 0.3) is 0 Å². The van der Waals surface area contributed by atoms with Gasteiger partial charge in [-0.2, -0.15) is 0 Å². The average Bonchev–Trinajstić information content (AvgIpc) is 2.27. The summed E-state index contributed by atoms with van der Waals surface area (Å²) >= 11 is 0. The lowest BCUT2D eigenvalue weighted by Gasteiger charge is -2.15. The molecule has 2 N–H and O–H groups in total. The molecule has 2 heterocycles. The zero-order valence-electron chi connectivity index (χ0n) is 9.27. The molecule has 1 aromatic heterocycles. The highest BCUT2D eigenvalue weighted by Crippen LogP contribution is 2.15. The number of aromatic amines is 1. The standard InChI is InChI=1S/C10H14N2O4S/c13-4-1-2-9-11-8-3-5-17(15,16)6-7(8)10(14)12-9/h13H,1-6H2,(H,11,12,14). The van der Waals surface area contributed by atoms with Crippen LogP contribution in [0, 0.1) is 0 Å². The number of aliphatic hydroxyl groups excluding tert-OH is 1. The van der Waals surface area contributed by atoms with Crippen molar-refractivity contribution >= 4 is 9.84 Å². The predicted octanol–water partition coefficient (Wildman–Crippen LogP) is -0.834. The van der Waals surface area contributed by atoms with Crippen LogP contribution in [0.4, 0.5) is 0 Å². The van der Waals surface area contributed by atoms with E-state index in [1.165, 1.54) is 0 Å². The predicted molar refractivity (Wildman–Crippen MR) is 61.5 cm³/mol. The molecule has 1 aromatic rings. The molecule has 1 aliphatic heterocycles. The van der Waals surface area contributed by atoms with E-state index in [9.17, 15) is 13.2 Å². The van der Waals surface area contributed by atoms with Crippen LogP contribution < -0.4 is 5.56 Å². The number of hydrogen-bond acceptors (Lipinski definition) is 5. The summed E-state index contributed by atoms with van der Waals surface area (Å²) in [5.74, 6) is 0.350. The Morgan fingerprint density at radius 3 is 2.88 bits per heavy atom. The van der Waals surface area contributed by atoms with Gasteiger partial charge in [0.2, 0.25) is 0 Å². The number of rotatable bonds is 3. The first-order chi connectivity index (χ1) is 8.02. The first kappa shape index (κ1) is 12.3.